The quantitative estimate of drug-likeness (QED) is 0.0418. The van der Waals surface area contributed by atoms with Crippen molar-refractivity contribution in [2.24, 2.45) is 0 Å². The first-order chi connectivity index (χ1) is 31.0. The SMILES string of the molecule is CCCCCCCCCCCCCCCCCC(=O)OCCCCCCCCCCCCCCCCCCCCCCCC(=O)NC(CO)C(O)CCCCCCCCCCCC. The van der Waals surface area contributed by atoms with Crippen LogP contribution in [0.3, 0.4) is 0 Å². The molecule has 0 aromatic heterocycles. The Bertz CT molecular complexity index is 898. The maximum atomic E-state index is 12.4. The van der Waals surface area contributed by atoms with E-state index in [4.69, 9.17) is 4.74 Å². The Balaban J connectivity index is 3.33. The minimum atomic E-state index is -0.661. The van der Waals surface area contributed by atoms with E-state index in [0.717, 1.165) is 38.5 Å². The summed E-state index contributed by atoms with van der Waals surface area (Å²) >= 11 is 0. The van der Waals surface area contributed by atoms with Crippen LogP contribution in [0.1, 0.15) is 328 Å². The topological polar surface area (TPSA) is 95.9 Å². The molecule has 63 heavy (non-hydrogen) atoms. The Morgan fingerprint density at radius 1 is 0.381 bits per heavy atom. The lowest BCUT2D eigenvalue weighted by Gasteiger charge is -2.22. The molecule has 0 spiro atoms. The van der Waals surface area contributed by atoms with Gasteiger partial charge in [0.15, 0.2) is 0 Å². The van der Waals surface area contributed by atoms with Crippen LogP contribution < -0.4 is 5.32 Å². The standard InChI is InChI=1S/C57H113NO5/c1-3-5-7-9-11-13-15-16-24-28-31-35-39-43-47-51-57(62)63-52-48-44-40-36-32-29-26-23-21-19-17-18-20-22-25-27-30-34-38-42-46-50-56(61)58-54(53-59)55(60)49-45-41-37-33-14-12-10-8-6-4-2/h54-55,59-60H,3-53H2,1-2H3,(H,58,61). The van der Waals surface area contributed by atoms with Crippen molar-refractivity contribution in [2.45, 2.75) is 341 Å². The molecule has 0 saturated carbocycles. The highest BCUT2D eigenvalue weighted by Gasteiger charge is 2.20. The van der Waals surface area contributed by atoms with Crippen molar-refractivity contribution in [3.63, 3.8) is 0 Å². The van der Waals surface area contributed by atoms with E-state index in [1.807, 2.05) is 0 Å². The van der Waals surface area contributed by atoms with Crippen molar-refractivity contribution < 1.29 is 24.5 Å². The molecule has 6 heteroatoms. The number of aliphatic hydroxyl groups excluding tert-OH is 2. The normalized spacial score (nSPS) is 12.5. The third-order valence-corrected chi connectivity index (χ3v) is 13.7. The molecular formula is C57H113NO5. The number of amides is 1. The van der Waals surface area contributed by atoms with E-state index in [0.29, 0.717) is 25.9 Å². The maximum Gasteiger partial charge on any atom is 0.305 e. The van der Waals surface area contributed by atoms with Gasteiger partial charge in [0, 0.05) is 12.8 Å². The zero-order chi connectivity index (χ0) is 45.8. The van der Waals surface area contributed by atoms with Crippen LogP contribution in [-0.2, 0) is 14.3 Å². The Hall–Kier alpha value is -1.14. The van der Waals surface area contributed by atoms with Gasteiger partial charge in [-0.15, -0.1) is 0 Å². The van der Waals surface area contributed by atoms with Gasteiger partial charge < -0.3 is 20.3 Å². The molecular weight excluding hydrogens is 779 g/mol. The van der Waals surface area contributed by atoms with Crippen molar-refractivity contribution >= 4 is 11.9 Å². The molecule has 0 heterocycles. The Morgan fingerprint density at radius 3 is 0.968 bits per heavy atom. The number of rotatable bonds is 54. The van der Waals surface area contributed by atoms with Crippen LogP contribution in [0.4, 0.5) is 0 Å². The van der Waals surface area contributed by atoms with E-state index < -0.39 is 12.1 Å². The van der Waals surface area contributed by atoms with Crippen LogP contribution in [0.2, 0.25) is 0 Å². The molecule has 2 unspecified atom stereocenters. The van der Waals surface area contributed by atoms with Gasteiger partial charge >= 0.3 is 5.97 Å². The van der Waals surface area contributed by atoms with Gasteiger partial charge in [-0.25, -0.2) is 0 Å². The number of aliphatic hydroxyl groups is 2. The fourth-order valence-corrected chi connectivity index (χ4v) is 9.23. The Labute approximate surface area is 394 Å². The van der Waals surface area contributed by atoms with Crippen molar-refractivity contribution in [3.8, 4) is 0 Å². The molecule has 2 atom stereocenters. The number of unbranched alkanes of at least 4 members (excludes halogenated alkanes) is 43. The number of hydrogen-bond acceptors (Lipinski definition) is 5. The van der Waals surface area contributed by atoms with Gasteiger partial charge in [-0.2, -0.15) is 0 Å². The zero-order valence-electron chi connectivity index (χ0n) is 42.8. The molecule has 0 aliphatic heterocycles. The summed E-state index contributed by atoms with van der Waals surface area (Å²) in [6.07, 6.45) is 61.0. The smallest absolute Gasteiger partial charge is 0.305 e. The third kappa shape index (κ3) is 50.1. The predicted molar refractivity (Wildman–Crippen MR) is 274 cm³/mol. The second kappa shape index (κ2) is 53.5. The molecule has 3 N–H and O–H groups in total. The molecule has 0 rings (SSSR count). The number of esters is 1. The van der Waals surface area contributed by atoms with Gasteiger partial charge in [0.25, 0.3) is 0 Å². The lowest BCUT2D eigenvalue weighted by Crippen LogP contribution is -2.45. The minimum Gasteiger partial charge on any atom is -0.466 e. The highest BCUT2D eigenvalue weighted by molar-refractivity contribution is 5.76. The number of ether oxygens (including phenoxy) is 1. The average Bonchev–Trinajstić information content (AvgIpc) is 3.28. The maximum absolute atomic E-state index is 12.4. The van der Waals surface area contributed by atoms with Gasteiger partial charge in [0.2, 0.25) is 5.91 Å². The molecule has 0 fully saturated rings. The number of hydrogen-bond donors (Lipinski definition) is 3. The van der Waals surface area contributed by atoms with Gasteiger partial charge in [0.1, 0.15) is 0 Å². The van der Waals surface area contributed by atoms with Gasteiger partial charge in [-0.1, -0.05) is 290 Å². The second-order valence-electron chi connectivity index (χ2n) is 20.0. The summed E-state index contributed by atoms with van der Waals surface area (Å²) in [6.45, 7) is 4.96. The van der Waals surface area contributed by atoms with Crippen molar-refractivity contribution in [1.29, 1.82) is 0 Å². The summed E-state index contributed by atoms with van der Waals surface area (Å²) in [6, 6.07) is -0.539. The van der Waals surface area contributed by atoms with E-state index in [-0.39, 0.29) is 18.5 Å². The molecule has 0 radical (unpaired) electrons. The first kappa shape index (κ1) is 61.9. The highest BCUT2D eigenvalue weighted by Crippen LogP contribution is 2.18. The Morgan fingerprint density at radius 2 is 0.651 bits per heavy atom. The molecule has 0 aliphatic rings. The summed E-state index contributed by atoms with van der Waals surface area (Å²) in [5, 5.41) is 23.1. The summed E-state index contributed by atoms with van der Waals surface area (Å²) < 4.78 is 5.49. The third-order valence-electron chi connectivity index (χ3n) is 13.7. The number of carbonyl (C=O) groups is 2. The van der Waals surface area contributed by atoms with Gasteiger partial charge in [-0.3, -0.25) is 9.59 Å². The van der Waals surface area contributed by atoms with E-state index in [1.165, 1.54) is 257 Å². The second-order valence-corrected chi connectivity index (χ2v) is 20.0. The highest BCUT2D eigenvalue weighted by atomic mass is 16.5. The Kier molecular flexibility index (Phi) is 52.5. The summed E-state index contributed by atoms with van der Waals surface area (Å²) in [7, 11) is 0. The molecule has 0 bridgehead atoms. The zero-order valence-corrected chi connectivity index (χ0v) is 42.8. The lowest BCUT2D eigenvalue weighted by atomic mass is 10.0. The molecule has 1 amide bonds. The predicted octanol–water partition coefficient (Wildman–Crippen LogP) is 17.5. The van der Waals surface area contributed by atoms with Crippen LogP contribution in [0, 0.1) is 0 Å². The van der Waals surface area contributed by atoms with E-state index in [1.54, 1.807) is 0 Å². The lowest BCUT2D eigenvalue weighted by molar-refractivity contribution is -0.143. The summed E-state index contributed by atoms with van der Waals surface area (Å²) in [5.41, 5.74) is 0. The molecule has 6 nitrogen and oxygen atoms in total. The summed E-state index contributed by atoms with van der Waals surface area (Å²) in [5.74, 6) is -0.0204. The fraction of sp³-hybridized carbons (Fsp3) is 0.965. The van der Waals surface area contributed by atoms with E-state index in [9.17, 15) is 19.8 Å². The van der Waals surface area contributed by atoms with Crippen LogP contribution in [-0.4, -0.2) is 47.4 Å². The fourth-order valence-electron chi connectivity index (χ4n) is 9.23. The summed E-state index contributed by atoms with van der Waals surface area (Å²) in [4.78, 5) is 24.5. The van der Waals surface area contributed by atoms with Crippen LogP contribution >= 0.6 is 0 Å². The number of nitrogens with one attached hydrogen (secondary N) is 1. The number of carbonyl (C=O) groups excluding carboxylic acids is 2. The first-order valence-electron chi connectivity index (χ1n) is 28.8. The first-order valence-corrected chi connectivity index (χ1v) is 28.8. The van der Waals surface area contributed by atoms with E-state index in [2.05, 4.69) is 19.2 Å². The van der Waals surface area contributed by atoms with Crippen LogP contribution in [0.5, 0.6) is 0 Å². The van der Waals surface area contributed by atoms with Crippen molar-refractivity contribution in [3.05, 3.63) is 0 Å². The molecule has 376 valence electrons. The van der Waals surface area contributed by atoms with Crippen LogP contribution in [0.15, 0.2) is 0 Å². The monoisotopic (exact) mass is 892 g/mol. The van der Waals surface area contributed by atoms with E-state index >= 15 is 0 Å². The molecule has 0 saturated heterocycles. The van der Waals surface area contributed by atoms with Crippen molar-refractivity contribution in [2.75, 3.05) is 13.2 Å². The largest absolute Gasteiger partial charge is 0.466 e. The van der Waals surface area contributed by atoms with Gasteiger partial charge in [0.05, 0.1) is 25.4 Å². The molecule has 0 aliphatic carbocycles. The molecule has 0 aromatic rings. The van der Waals surface area contributed by atoms with Crippen LogP contribution in [0.25, 0.3) is 0 Å². The molecule has 0 aromatic carbocycles. The average molecular weight is 893 g/mol. The minimum absolute atomic E-state index is 0.0155. The van der Waals surface area contributed by atoms with Crippen molar-refractivity contribution in [1.82, 2.24) is 5.32 Å². The van der Waals surface area contributed by atoms with Gasteiger partial charge in [-0.05, 0) is 25.7 Å².